The predicted molar refractivity (Wildman–Crippen MR) is 60.5 cm³/mol. The molecule has 0 aromatic carbocycles. The molecule has 0 aliphatic heterocycles. The summed E-state index contributed by atoms with van der Waals surface area (Å²) in [5.41, 5.74) is 2.10. The lowest BCUT2D eigenvalue weighted by molar-refractivity contribution is 0.847. The van der Waals surface area contributed by atoms with Gasteiger partial charge in [0.25, 0.3) is 0 Å². The van der Waals surface area contributed by atoms with Gasteiger partial charge >= 0.3 is 0 Å². The molecule has 2 heteroatoms. The minimum atomic E-state index is 0.483. The van der Waals surface area contributed by atoms with Crippen LogP contribution in [0.5, 0.6) is 0 Å². The van der Waals surface area contributed by atoms with Gasteiger partial charge in [-0.3, -0.25) is 0 Å². The Labute approximate surface area is 81.5 Å². The van der Waals surface area contributed by atoms with Crippen molar-refractivity contribution in [1.82, 2.24) is 0 Å². The predicted octanol–water partition coefficient (Wildman–Crippen LogP) is 3.45. The lowest BCUT2D eigenvalue weighted by Crippen LogP contribution is -2.05. The third-order valence-electron chi connectivity index (χ3n) is 1.93. The number of rotatable bonds is 5. The third-order valence-corrected chi connectivity index (χ3v) is 1.93. The molecule has 0 saturated carbocycles. The first-order valence-corrected chi connectivity index (χ1v) is 4.91. The van der Waals surface area contributed by atoms with Crippen LogP contribution < -0.4 is 0 Å². The van der Waals surface area contributed by atoms with Crippen LogP contribution in [0.2, 0.25) is 0 Å². The molecule has 2 nitrogen and oxygen atoms in total. The molecule has 0 aliphatic rings. The highest BCUT2D eigenvalue weighted by Crippen LogP contribution is 2.02. The van der Waals surface area contributed by atoms with E-state index in [0.717, 1.165) is 24.3 Å². The third kappa shape index (κ3) is 4.61. The van der Waals surface area contributed by atoms with Crippen molar-refractivity contribution in [3.05, 3.63) is 12.7 Å². The van der Waals surface area contributed by atoms with Crippen molar-refractivity contribution in [2.75, 3.05) is 0 Å². The first-order chi connectivity index (χ1) is 6.15. The van der Waals surface area contributed by atoms with Crippen LogP contribution in [0.25, 0.3) is 0 Å². The SMILES string of the molecule is C=C/C(CC)=N\N=C(/CC)C(C)C. The summed E-state index contributed by atoms with van der Waals surface area (Å²) in [6.45, 7) is 12.1. The zero-order valence-corrected chi connectivity index (χ0v) is 9.17. The number of allylic oxidation sites excluding steroid dienone is 1. The van der Waals surface area contributed by atoms with Crippen LogP contribution in [-0.4, -0.2) is 11.4 Å². The molecule has 0 fully saturated rings. The summed E-state index contributed by atoms with van der Waals surface area (Å²) < 4.78 is 0. The number of hydrogen-bond donors (Lipinski definition) is 0. The molecule has 0 aromatic rings. The van der Waals surface area contributed by atoms with Crippen molar-refractivity contribution in [2.24, 2.45) is 16.1 Å². The summed E-state index contributed by atoms with van der Waals surface area (Å²) in [6.07, 6.45) is 3.62. The second kappa shape index (κ2) is 6.58. The van der Waals surface area contributed by atoms with E-state index in [0.29, 0.717) is 5.92 Å². The first-order valence-electron chi connectivity index (χ1n) is 4.91. The van der Waals surface area contributed by atoms with E-state index in [-0.39, 0.29) is 0 Å². The molecule has 0 N–H and O–H groups in total. The smallest absolute Gasteiger partial charge is 0.0621 e. The largest absolute Gasteiger partial charge is 0.160 e. The van der Waals surface area contributed by atoms with E-state index in [1.165, 1.54) is 0 Å². The molecular formula is C11H20N2. The van der Waals surface area contributed by atoms with Gasteiger partial charge in [0.2, 0.25) is 0 Å². The minimum Gasteiger partial charge on any atom is -0.160 e. The summed E-state index contributed by atoms with van der Waals surface area (Å²) in [7, 11) is 0. The molecule has 0 bridgehead atoms. The number of nitrogens with zero attached hydrogens (tertiary/aromatic N) is 2. The van der Waals surface area contributed by atoms with Crippen LogP contribution in [0.4, 0.5) is 0 Å². The Morgan fingerprint density at radius 3 is 2.15 bits per heavy atom. The molecule has 0 saturated heterocycles. The normalized spacial score (nSPS) is 13.6. The molecule has 74 valence electrons. The fraction of sp³-hybridized carbons (Fsp3) is 0.636. The highest BCUT2D eigenvalue weighted by molar-refractivity contribution is 5.95. The van der Waals surface area contributed by atoms with Crippen molar-refractivity contribution in [2.45, 2.75) is 40.5 Å². The Kier molecular flexibility index (Phi) is 6.11. The van der Waals surface area contributed by atoms with Crippen molar-refractivity contribution < 1.29 is 0 Å². The van der Waals surface area contributed by atoms with E-state index in [1.54, 1.807) is 6.08 Å². The second-order valence-electron chi connectivity index (χ2n) is 3.25. The molecule has 0 radical (unpaired) electrons. The van der Waals surface area contributed by atoms with E-state index in [9.17, 15) is 0 Å². The topological polar surface area (TPSA) is 24.7 Å². The zero-order valence-electron chi connectivity index (χ0n) is 9.17. The van der Waals surface area contributed by atoms with Gasteiger partial charge in [-0.05, 0) is 24.8 Å². The molecule has 0 rings (SSSR count). The molecular weight excluding hydrogens is 160 g/mol. The standard InChI is InChI=1S/C11H20N2/c1-6-10(7-2)12-13-11(8-3)9(4)5/h6,9H,1,7-8H2,2-5H3/b12-10+,13-11+. The van der Waals surface area contributed by atoms with Gasteiger partial charge in [0.1, 0.15) is 0 Å². The monoisotopic (exact) mass is 180 g/mol. The summed E-state index contributed by atoms with van der Waals surface area (Å²) in [4.78, 5) is 0. The van der Waals surface area contributed by atoms with Crippen LogP contribution in [0.1, 0.15) is 40.5 Å². The van der Waals surface area contributed by atoms with Crippen molar-refractivity contribution >= 4 is 11.4 Å². The van der Waals surface area contributed by atoms with Crippen LogP contribution in [0.3, 0.4) is 0 Å². The first kappa shape index (κ1) is 12.1. The van der Waals surface area contributed by atoms with E-state index in [2.05, 4.69) is 44.5 Å². The Hall–Kier alpha value is -0.920. The van der Waals surface area contributed by atoms with Crippen LogP contribution >= 0.6 is 0 Å². The lowest BCUT2D eigenvalue weighted by Gasteiger charge is -2.04. The van der Waals surface area contributed by atoms with E-state index in [4.69, 9.17) is 0 Å². The van der Waals surface area contributed by atoms with Gasteiger partial charge in [0, 0.05) is 5.71 Å². The van der Waals surface area contributed by atoms with E-state index < -0.39 is 0 Å². The second-order valence-corrected chi connectivity index (χ2v) is 3.25. The average Bonchev–Trinajstić information content (AvgIpc) is 2.12. The highest BCUT2D eigenvalue weighted by Gasteiger charge is 2.01. The van der Waals surface area contributed by atoms with Gasteiger partial charge in [-0.25, -0.2) is 0 Å². The maximum Gasteiger partial charge on any atom is 0.0621 e. The van der Waals surface area contributed by atoms with Gasteiger partial charge in [-0.15, -0.1) is 0 Å². The minimum absolute atomic E-state index is 0.483. The summed E-state index contributed by atoms with van der Waals surface area (Å²) in [5.74, 6) is 0.483. The fourth-order valence-electron chi connectivity index (χ4n) is 0.979. The quantitative estimate of drug-likeness (QED) is 0.457. The van der Waals surface area contributed by atoms with E-state index >= 15 is 0 Å². The summed E-state index contributed by atoms with van der Waals surface area (Å²) >= 11 is 0. The van der Waals surface area contributed by atoms with Gasteiger partial charge in [-0.2, -0.15) is 10.2 Å². The Bertz CT molecular complexity index is 212. The van der Waals surface area contributed by atoms with Crippen molar-refractivity contribution in [3.8, 4) is 0 Å². The summed E-state index contributed by atoms with van der Waals surface area (Å²) in [6, 6.07) is 0. The highest BCUT2D eigenvalue weighted by atomic mass is 15.2. The van der Waals surface area contributed by atoms with Gasteiger partial charge < -0.3 is 0 Å². The van der Waals surface area contributed by atoms with Crippen LogP contribution in [0.15, 0.2) is 22.9 Å². The molecule has 13 heavy (non-hydrogen) atoms. The fourth-order valence-corrected chi connectivity index (χ4v) is 0.979. The van der Waals surface area contributed by atoms with Gasteiger partial charge in [0.05, 0.1) is 5.71 Å². The Balaban J connectivity index is 4.51. The van der Waals surface area contributed by atoms with Crippen molar-refractivity contribution in [3.63, 3.8) is 0 Å². The molecule has 0 aliphatic carbocycles. The van der Waals surface area contributed by atoms with Gasteiger partial charge in [0.15, 0.2) is 0 Å². The van der Waals surface area contributed by atoms with E-state index in [1.807, 2.05) is 0 Å². The lowest BCUT2D eigenvalue weighted by atomic mass is 10.1. The zero-order chi connectivity index (χ0) is 10.3. The molecule has 0 spiro atoms. The molecule has 0 amide bonds. The van der Waals surface area contributed by atoms with Gasteiger partial charge in [-0.1, -0.05) is 34.3 Å². The molecule has 0 atom stereocenters. The van der Waals surface area contributed by atoms with Crippen LogP contribution in [0, 0.1) is 5.92 Å². The Morgan fingerprint density at radius 1 is 1.23 bits per heavy atom. The van der Waals surface area contributed by atoms with Crippen LogP contribution in [-0.2, 0) is 0 Å². The maximum absolute atomic E-state index is 4.22. The molecule has 0 aromatic heterocycles. The molecule has 0 unspecified atom stereocenters. The number of hydrogen-bond acceptors (Lipinski definition) is 2. The summed E-state index contributed by atoms with van der Waals surface area (Å²) in [5, 5.41) is 8.36. The molecule has 0 heterocycles. The Morgan fingerprint density at radius 2 is 1.85 bits per heavy atom. The maximum atomic E-state index is 4.22. The average molecular weight is 180 g/mol. The van der Waals surface area contributed by atoms with Crippen molar-refractivity contribution in [1.29, 1.82) is 0 Å².